The number of nitrogens with zero attached hydrogens (tertiary/aromatic N) is 1. The van der Waals surface area contributed by atoms with Crippen LogP contribution in [-0.4, -0.2) is 18.7 Å². The van der Waals surface area contributed by atoms with Gasteiger partial charge in [0, 0.05) is 6.20 Å². The van der Waals surface area contributed by atoms with Crippen molar-refractivity contribution in [2.75, 3.05) is 13.7 Å². The monoisotopic (exact) mass is 270 g/mol. The van der Waals surface area contributed by atoms with E-state index in [4.69, 9.17) is 15.2 Å². The summed E-state index contributed by atoms with van der Waals surface area (Å²) in [4.78, 5) is 4.17. The van der Waals surface area contributed by atoms with Crippen LogP contribution >= 0.6 is 0 Å². The van der Waals surface area contributed by atoms with Crippen LogP contribution in [0, 0.1) is 0 Å². The second-order valence-corrected chi connectivity index (χ2v) is 4.92. The molecule has 104 valence electrons. The van der Waals surface area contributed by atoms with Crippen LogP contribution in [0.4, 0.5) is 0 Å². The molecule has 0 radical (unpaired) electrons. The lowest BCUT2D eigenvalue weighted by Crippen LogP contribution is -2.27. The molecule has 0 amide bonds. The number of hydrogen-bond acceptors (Lipinski definition) is 4. The molecule has 1 aliphatic rings. The van der Waals surface area contributed by atoms with Gasteiger partial charge in [0.2, 0.25) is 0 Å². The number of nitrogens with two attached hydrogens (primary N) is 1. The Labute approximate surface area is 118 Å². The van der Waals surface area contributed by atoms with Crippen LogP contribution in [0.2, 0.25) is 0 Å². The van der Waals surface area contributed by atoms with Gasteiger partial charge in [-0.3, -0.25) is 4.98 Å². The third-order valence-corrected chi connectivity index (χ3v) is 3.71. The van der Waals surface area contributed by atoms with Crippen molar-refractivity contribution in [3.05, 3.63) is 59.4 Å². The average molecular weight is 270 g/mol. The van der Waals surface area contributed by atoms with Crippen molar-refractivity contribution >= 4 is 0 Å². The standard InChI is InChI=1S/C16H18N2O2/c1-19-13-8-12(9-18-10-13)15(17)16-14-5-3-2-4-11(14)6-7-20-16/h2-5,8-10,15-16H,6-7,17H2,1H3. The third-order valence-electron chi connectivity index (χ3n) is 3.71. The van der Waals surface area contributed by atoms with Crippen molar-refractivity contribution in [3.8, 4) is 5.75 Å². The van der Waals surface area contributed by atoms with E-state index in [9.17, 15) is 0 Å². The molecule has 0 saturated heterocycles. The van der Waals surface area contributed by atoms with E-state index in [2.05, 4.69) is 23.2 Å². The molecule has 2 aromatic rings. The zero-order valence-corrected chi connectivity index (χ0v) is 11.5. The minimum Gasteiger partial charge on any atom is -0.495 e. The molecule has 0 fully saturated rings. The van der Waals surface area contributed by atoms with Gasteiger partial charge in [-0.2, -0.15) is 0 Å². The molecule has 0 aliphatic carbocycles. The molecule has 0 bridgehead atoms. The molecular formula is C16H18N2O2. The first-order valence-corrected chi connectivity index (χ1v) is 6.73. The summed E-state index contributed by atoms with van der Waals surface area (Å²) in [6.45, 7) is 0.701. The van der Waals surface area contributed by atoms with Crippen LogP contribution in [-0.2, 0) is 11.2 Å². The first kappa shape index (κ1) is 13.1. The SMILES string of the molecule is COc1cncc(C(N)C2OCCc3ccccc32)c1. The predicted molar refractivity (Wildman–Crippen MR) is 76.6 cm³/mol. The Morgan fingerprint density at radius 3 is 3.05 bits per heavy atom. The van der Waals surface area contributed by atoms with E-state index in [0.717, 1.165) is 12.0 Å². The highest BCUT2D eigenvalue weighted by molar-refractivity contribution is 5.35. The fourth-order valence-electron chi connectivity index (χ4n) is 2.63. The molecule has 1 aromatic carbocycles. The summed E-state index contributed by atoms with van der Waals surface area (Å²) >= 11 is 0. The fraction of sp³-hybridized carbons (Fsp3) is 0.312. The molecule has 20 heavy (non-hydrogen) atoms. The highest BCUT2D eigenvalue weighted by atomic mass is 16.5. The number of methoxy groups -OCH3 is 1. The molecule has 2 unspecified atom stereocenters. The summed E-state index contributed by atoms with van der Waals surface area (Å²) in [5, 5.41) is 0. The molecule has 0 saturated carbocycles. The molecule has 3 rings (SSSR count). The summed E-state index contributed by atoms with van der Waals surface area (Å²) < 4.78 is 11.1. The van der Waals surface area contributed by atoms with E-state index in [-0.39, 0.29) is 12.1 Å². The summed E-state index contributed by atoms with van der Waals surface area (Å²) in [6, 6.07) is 9.97. The Hall–Kier alpha value is -1.91. The molecule has 1 aliphatic heterocycles. The number of benzene rings is 1. The minimum absolute atomic E-state index is 0.131. The van der Waals surface area contributed by atoms with Gasteiger partial charge in [-0.1, -0.05) is 24.3 Å². The van der Waals surface area contributed by atoms with Gasteiger partial charge >= 0.3 is 0 Å². The van der Waals surface area contributed by atoms with Crippen LogP contribution < -0.4 is 10.5 Å². The van der Waals surface area contributed by atoms with E-state index in [0.29, 0.717) is 12.4 Å². The van der Waals surface area contributed by atoms with Gasteiger partial charge in [-0.05, 0) is 29.2 Å². The number of hydrogen-bond donors (Lipinski definition) is 1. The molecule has 4 heteroatoms. The molecule has 1 aromatic heterocycles. The second kappa shape index (κ2) is 5.61. The molecule has 2 N–H and O–H groups in total. The van der Waals surface area contributed by atoms with E-state index in [1.54, 1.807) is 19.5 Å². The van der Waals surface area contributed by atoms with E-state index in [1.165, 1.54) is 11.1 Å². The van der Waals surface area contributed by atoms with Gasteiger partial charge in [0.15, 0.2) is 0 Å². The first-order valence-electron chi connectivity index (χ1n) is 6.73. The molecule has 2 atom stereocenters. The number of pyridine rings is 1. The van der Waals surface area contributed by atoms with Gasteiger partial charge in [0.25, 0.3) is 0 Å². The van der Waals surface area contributed by atoms with Gasteiger partial charge in [0.05, 0.1) is 26.0 Å². The maximum Gasteiger partial charge on any atom is 0.137 e. The predicted octanol–water partition coefficient (Wildman–Crippen LogP) is 2.40. The van der Waals surface area contributed by atoms with Crippen LogP contribution in [0.5, 0.6) is 5.75 Å². The zero-order chi connectivity index (χ0) is 13.9. The Morgan fingerprint density at radius 1 is 1.35 bits per heavy atom. The summed E-state index contributed by atoms with van der Waals surface area (Å²) in [7, 11) is 1.62. The van der Waals surface area contributed by atoms with Crippen molar-refractivity contribution in [3.63, 3.8) is 0 Å². The summed E-state index contributed by atoms with van der Waals surface area (Å²) in [5.41, 5.74) is 9.80. The average Bonchev–Trinajstić information content (AvgIpc) is 2.53. The van der Waals surface area contributed by atoms with E-state index < -0.39 is 0 Å². The largest absolute Gasteiger partial charge is 0.495 e. The lowest BCUT2D eigenvalue weighted by atomic mass is 9.91. The summed E-state index contributed by atoms with van der Waals surface area (Å²) in [6.07, 6.45) is 4.25. The maximum absolute atomic E-state index is 6.39. The number of fused-ring (bicyclic) bond motifs is 1. The number of aromatic nitrogens is 1. The lowest BCUT2D eigenvalue weighted by molar-refractivity contribution is 0.0240. The highest BCUT2D eigenvalue weighted by Gasteiger charge is 2.27. The van der Waals surface area contributed by atoms with Gasteiger partial charge in [-0.15, -0.1) is 0 Å². The molecule has 4 nitrogen and oxygen atoms in total. The van der Waals surface area contributed by atoms with Crippen LogP contribution in [0.15, 0.2) is 42.7 Å². The maximum atomic E-state index is 6.39. The van der Waals surface area contributed by atoms with Crippen LogP contribution in [0.25, 0.3) is 0 Å². The Balaban J connectivity index is 1.93. The topological polar surface area (TPSA) is 57.4 Å². The van der Waals surface area contributed by atoms with Gasteiger partial charge < -0.3 is 15.2 Å². The van der Waals surface area contributed by atoms with Crippen molar-refractivity contribution in [2.45, 2.75) is 18.6 Å². The van der Waals surface area contributed by atoms with E-state index in [1.807, 2.05) is 12.1 Å². The second-order valence-electron chi connectivity index (χ2n) is 4.92. The van der Waals surface area contributed by atoms with Crippen molar-refractivity contribution in [1.82, 2.24) is 4.98 Å². The Bertz CT molecular complexity index is 601. The van der Waals surface area contributed by atoms with Crippen molar-refractivity contribution < 1.29 is 9.47 Å². The van der Waals surface area contributed by atoms with Gasteiger partial charge in [0.1, 0.15) is 11.9 Å². The van der Waals surface area contributed by atoms with Gasteiger partial charge in [-0.25, -0.2) is 0 Å². The lowest BCUT2D eigenvalue weighted by Gasteiger charge is -2.30. The number of rotatable bonds is 3. The fourth-order valence-corrected chi connectivity index (χ4v) is 2.63. The highest BCUT2D eigenvalue weighted by Crippen LogP contribution is 2.35. The smallest absolute Gasteiger partial charge is 0.137 e. The molecule has 2 heterocycles. The Kier molecular flexibility index (Phi) is 3.67. The summed E-state index contributed by atoms with van der Waals surface area (Å²) in [5.74, 6) is 0.710. The van der Waals surface area contributed by atoms with Crippen molar-refractivity contribution in [2.24, 2.45) is 5.73 Å². The molecule has 0 spiro atoms. The van der Waals surface area contributed by atoms with Crippen LogP contribution in [0.1, 0.15) is 28.8 Å². The molecular weight excluding hydrogens is 252 g/mol. The zero-order valence-electron chi connectivity index (χ0n) is 11.5. The van der Waals surface area contributed by atoms with E-state index >= 15 is 0 Å². The quantitative estimate of drug-likeness (QED) is 0.930. The number of ether oxygens (including phenoxy) is 2. The van der Waals surface area contributed by atoms with Crippen molar-refractivity contribution in [1.29, 1.82) is 0 Å². The normalized spacial score (nSPS) is 19.2. The first-order chi connectivity index (χ1) is 9.79. The third kappa shape index (κ3) is 2.40. The minimum atomic E-state index is -0.251. The Morgan fingerprint density at radius 2 is 2.20 bits per heavy atom. The van der Waals surface area contributed by atoms with Crippen LogP contribution in [0.3, 0.4) is 0 Å².